The number of guanidine groups is 1. The van der Waals surface area contributed by atoms with E-state index in [4.69, 9.17) is 4.74 Å². The number of likely N-dealkylation sites (N-methyl/N-ethyl adjacent to an activating group) is 1. The van der Waals surface area contributed by atoms with Crippen molar-refractivity contribution < 1.29 is 4.74 Å². The van der Waals surface area contributed by atoms with Crippen LogP contribution in [0, 0.1) is 5.92 Å². The van der Waals surface area contributed by atoms with E-state index in [9.17, 15) is 0 Å². The first kappa shape index (κ1) is 19.9. The van der Waals surface area contributed by atoms with Crippen LogP contribution in [0.5, 0.6) is 0 Å². The third-order valence-electron chi connectivity index (χ3n) is 3.39. The van der Waals surface area contributed by atoms with Crippen molar-refractivity contribution in [3.8, 4) is 0 Å². The van der Waals surface area contributed by atoms with Crippen LogP contribution in [0.25, 0.3) is 0 Å². The van der Waals surface area contributed by atoms with Gasteiger partial charge in [0.15, 0.2) is 5.96 Å². The van der Waals surface area contributed by atoms with Crippen LogP contribution in [0.4, 0.5) is 0 Å². The number of nitrogens with zero attached hydrogens (tertiary/aromatic N) is 2. The van der Waals surface area contributed by atoms with Crippen molar-refractivity contribution in [3.63, 3.8) is 0 Å². The van der Waals surface area contributed by atoms with Crippen LogP contribution in [-0.2, 0) is 4.74 Å². The predicted molar refractivity (Wildman–Crippen MR) is 100 cm³/mol. The lowest BCUT2D eigenvalue weighted by molar-refractivity contribution is 0.108. The van der Waals surface area contributed by atoms with Crippen LogP contribution in [0.3, 0.4) is 0 Å². The summed E-state index contributed by atoms with van der Waals surface area (Å²) in [5.74, 6) is 1.44. The van der Waals surface area contributed by atoms with Crippen LogP contribution in [0.2, 0.25) is 0 Å². The second-order valence-electron chi connectivity index (χ2n) is 6.20. The maximum atomic E-state index is 5.58. The summed E-state index contributed by atoms with van der Waals surface area (Å²) in [5.41, 5.74) is 0. The molecule has 0 amide bonds. The van der Waals surface area contributed by atoms with Crippen LogP contribution in [0.1, 0.15) is 31.2 Å². The van der Waals surface area contributed by atoms with Gasteiger partial charge < -0.3 is 20.3 Å². The summed E-state index contributed by atoms with van der Waals surface area (Å²) in [6.45, 7) is 7.65. The molecule has 0 bridgehead atoms. The molecule has 2 N–H and O–H groups in total. The Kier molecular flexibility index (Phi) is 9.91. The van der Waals surface area contributed by atoms with Gasteiger partial charge in [-0.1, -0.05) is 19.9 Å². The van der Waals surface area contributed by atoms with Gasteiger partial charge in [0.2, 0.25) is 0 Å². The predicted octanol–water partition coefficient (Wildman–Crippen LogP) is 2.58. The van der Waals surface area contributed by atoms with Gasteiger partial charge in [-0.2, -0.15) is 0 Å². The molecule has 1 rings (SSSR count). The van der Waals surface area contributed by atoms with Crippen molar-refractivity contribution in [3.05, 3.63) is 22.4 Å². The number of ether oxygens (including phenoxy) is 1. The molecule has 0 aliphatic carbocycles. The van der Waals surface area contributed by atoms with Gasteiger partial charge in [0.1, 0.15) is 0 Å². The average Bonchev–Trinajstić information content (AvgIpc) is 3.02. The molecule has 1 aromatic rings. The van der Waals surface area contributed by atoms with Gasteiger partial charge in [0, 0.05) is 38.2 Å². The molecule has 132 valence electrons. The first-order valence-electron chi connectivity index (χ1n) is 8.26. The molecule has 23 heavy (non-hydrogen) atoms. The highest BCUT2D eigenvalue weighted by atomic mass is 32.1. The first-order chi connectivity index (χ1) is 11.0. The van der Waals surface area contributed by atoms with E-state index < -0.39 is 0 Å². The maximum Gasteiger partial charge on any atom is 0.191 e. The van der Waals surface area contributed by atoms with E-state index >= 15 is 0 Å². The normalized spacial score (nSPS) is 13.6. The Morgan fingerprint density at radius 1 is 1.35 bits per heavy atom. The zero-order valence-corrected chi connectivity index (χ0v) is 15.9. The minimum Gasteiger partial charge on any atom is -0.381 e. The monoisotopic (exact) mass is 340 g/mol. The molecule has 1 atom stereocenters. The topological polar surface area (TPSA) is 48.9 Å². The van der Waals surface area contributed by atoms with Crippen LogP contribution in [0.15, 0.2) is 22.5 Å². The summed E-state index contributed by atoms with van der Waals surface area (Å²) in [4.78, 5) is 7.87. The Bertz CT molecular complexity index is 432. The van der Waals surface area contributed by atoms with Gasteiger partial charge >= 0.3 is 0 Å². The van der Waals surface area contributed by atoms with E-state index in [1.54, 1.807) is 18.4 Å². The smallest absolute Gasteiger partial charge is 0.191 e. The molecule has 1 heterocycles. The molecular weight excluding hydrogens is 308 g/mol. The van der Waals surface area contributed by atoms with Crippen molar-refractivity contribution in [2.45, 2.75) is 26.3 Å². The fourth-order valence-corrected chi connectivity index (χ4v) is 3.06. The largest absolute Gasteiger partial charge is 0.381 e. The van der Waals surface area contributed by atoms with Crippen molar-refractivity contribution >= 4 is 17.3 Å². The van der Waals surface area contributed by atoms with Gasteiger partial charge in [0.25, 0.3) is 0 Å². The molecule has 0 aliphatic heterocycles. The van der Waals surface area contributed by atoms with Crippen LogP contribution >= 0.6 is 11.3 Å². The molecule has 0 radical (unpaired) electrons. The number of hydrogen-bond acceptors (Lipinski definition) is 4. The van der Waals surface area contributed by atoms with E-state index in [2.05, 4.69) is 66.0 Å². The molecule has 0 aliphatic rings. The highest BCUT2D eigenvalue weighted by Crippen LogP contribution is 2.22. The quantitative estimate of drug-likeness (QED) is 0.390. The van der Waals surface area contributed by atoms with Gasteiger partial charge in [0.05, 0.1) is 6.04 Å². The number of thiophene rings is 1. The van der Waals surface area contributed by atoms with Crippen molar-refractivity contribution in [2.75, 3.05) is 47.4 Å². The maximum absolute atomic E-state index is 5.58. The fourth-order valence-electron chi connectivity index (χ4n) is 2.13. The van der Waals surface area contributed by atoms with Gasteiger partial charge in [-0.05, 0) is 37.9 Å². The van der Waals surface area contributed by atoms with E-state index in [1.807, 2.05) is 0 Å². The summed E-state index contributed by atoms with van der Waals surface area (Å²) >= 11 is 1.79. The van der Waals surface area contributed by atoms with Crippen molar-refractivity contribution in [1.82, 2.24) is 15.5 Å². The van der Waals surface area contributed by atoms with E-state index in [1.165, 1.54) is 4.88 Å². The number of nitrogens with one attached hydrogen (secondary N) is 2. The van der Waals surface area contributed by atoms with E-state index in [0.29, 0.717) is 12.0 Å². The molecule has 5 nitrogen and oxygen atoms in total. The second kappa shape index (κ2) is 11.4. The van der Waals surface area contributed by atoms with Crippen LogP contribution in [-0.4, -0.2) is 58.3 Å². The van der Waals surface area contributed by atoms with Gasteiger partial charge in [-0.25, -0.2) is 0 Å². The first-order valence-corrected chi connectivity index (χ1v) is 9.14. The van der Waals surface area contributed by atoms with E-state index in [0.717, 1.165) is 38.7 Å². The highest BCUT2D eigenvalue weighted by molar-refractivity contribution is 7.10. The standard InChI is InChI=1S/C17H32N4OS/c1-14(2)13-22-10-7-9-19-17(18-3)20-12-15(21(4)5)16-8-6-11-23-16/h6,8,11,14-15H,7,9-10,12-13H2,1-5H3,(H2,18,19,20). The second-order valence-corrected chi connectivity index (χ2v) is 7.18. The lowest BCUT2D eigenvalue weighted by Gasteiger charge is -2.24. The summed E-state index contributed by atoms with van der Waals surface area (Å²) in [6, 6.07) is 4.63. The number of aliphatic imine (C=N–C) groups is 1. The minimum absolute atomic E-state index is 0.350. The lowest BCUT2D eigenvalue weighted by Crippen LogP contribution is -2.42. The molecule has 1 unspecified atom stereocenters. The number of rotatable bonds is 10. The fraction of sp³-hybridized carbons (Fsp3) is 0.706. The van der Waals surface area contributed by atoms with E-state index in [-0.39, 0.29) is 0 Å². The Labute approximate surface area is 145 Å². The molecule has 0 aromatic carbocycles. The van der Waals surface area contributed by atoms with Crippen LogP contribution < -0.4 is 10.6 Å². The minimum atomic E-state index is 0.350. The Morgan fingerprint density at radius 3 is 2.70 bits per heavy atom. The molecule has 0 saturated carbocycles. The Hall–Kier alpha value is -1.11. The third-order valence-corrected chi connectivity index (χ3v) is 4.36. The molecule has 1 aromatic heterocycles. The molecule has 0 saturated heterocycles. The third kappa shape index (κ3) is 8.34. The van der Waals surface area contributed by atoms with Gasteiger partial charge in [-0.3, -0.25) is 4.99 Å². The van der Waals surface area contributed by atoms with Crippen molar-refractivity contribution in [2.24, 2.45) is 10.9 Å². The Morgan fingerprint density at radius 2 is 2.13 bits per heavy atom. The average molecular weight is 341 g/mol. The highest BCUT2D eigenvalue weighted by Gasteiger charge is 2.15. The van der Waals surface area contributed by atoms with Gasteiger partial charge in [-0.15, -0.1) is 11.3 Å². The summed E-state index contributed by atoms with van der Waals surface area (Å²) in [6.07, 6.45) is 0.982. The summed E-state index contributed by atoms with van der Waals surface area (Å²) in [5, 5.41) is 8.87. The number of hydrogen-bond donors (Lipinski definition) is 2. The molecule has 0 spiro atoms. The summed E-state index contributed by atoms with van der Waals surface area (Å²) < 4.78 is 5.58. The Balaban J connectivity index is 2.27. The lowest BCUT2D eigenvalue weighted by atomic mass is 10.2. The van der Waals surface area contributed by atoms with Crippen molar-refractivity contribution in [1.29, 1.82) is 0 Å². The SMILES string of the molecule is CN=C(NCCCOCC(C)C)NCC(c1cccs1)N(C)C. The zero-order chi connectivity index (χ0) is 17.1. The molecule has 6 heteroatoms. The molecular formula is C17H32N4OS. The summed E-state index contributed by atoms with van der Waals surface area (Å²) in [7, 11) is 6.02. The molecule has 0 fully saturated rings. The zero-order valence-electron chi connectivity index (χ0n) is 15.1.